The third kappa shape index (κ3) is 3.03. The second-order valence-electron chi connectivity index (χ2n) is 5.29. The Labute approximate surface area is 149 Å². The van der Waals surface area contributed by atoms with Gasteiger partial charge in [0.15, 0.2) is 0 Å². The first-order valence-corrected chi connectivity index (χ1v) is 8.17. The van der Waals surface area contributed by atoms with Crippen LogP contribution in [-0.4, -0.2) is 11.8 Å². The monoisotopic (exact) mass is 360 g/mol. The van der Waals surface area contributed by atoms with Gasteiger partial charge in [-0.1, -0.05) is 42.3 Å². The van der Waals surface area contributed by atoms with Gasteiger partial charge in [0, 0.05) is 10.7 Å². The quantitative estimate of drug-likeness (QED) is 0.825. The maximum atomic E-state index is 12.6. The minimum Gasteiger partial charge on any atom is -0.350 e. The van der Waals surface area contributed by atoms with Gasteiger partial charge in [0.25, 0.3) is 11.8 Å². The van der Waals surface area contributed by atoms with Crippen LogP contribution in [0.5, 0.6) is 0 Å². The number of nitrogens with zero attached hydrogens (tertiary/aromatic N) is 1. The molecule has 1 aliphatic rings. The highest BCUT2D eigenvalue weighted by Crippen LogP contribution is 2.30. The standard InChI is InChI=1S/C18H14Cl2N2O2/c1-2-11-3-9-14(10-4-11)22-17(23)15(20)16(18(22)24)21-13-7-5-12(19)6-8-13/h3-10,21H,2H2,1H3. The molecule has 0 bridgehead atoms. The molecule has 0 spiro atoms. The summed E-state index contributed by atoms with van der Waals surface area (Å²) in [5, 5.41) is 3.34. The summed E-state index contributed by atoms with van der Waals surface area (Å²) in [6.45, 7) is 2.04. The van der Waals surface area contributed by atoms with Gasteiger partial charge in [0.1, 0.15) is 10.7 Å². The van der Waals surface area contributed by atoms with E-state index in [4.69, 9.17) is 23.2 Å². The van der Waals surface area contributed by atoms with Crippen molar-refractivity contribution in [1.29, 1.82) is 0 Å². The molecule has 1 N–H and O–H groups in total. The van der Waals surface area contributed by atoms with Crippen LogP contribution in [0.4, 0.5) is 11.4 Å². The van der Waals surface area contributed by atoms with Gasteiger partial charge in [-0.3, -0.25) is 9.59 Å². The molecule has 2 amide bonds. The predicted molar refractivity (Wildman–Crippen MR) is 96.3 cm³/mol. The van der Waals surface area contributed by atoms with Crippen molar-refractivity contribution in [2.75, 3.05) is 10.2 Å². The second-order valence-corrected chi connectivity index (χ2v) is 6.10. The van der Waals surface area contributed by atoms with Crippen LogP contribution in [0.3, 0.4) is 0 Å². The van der Waals surface area contributed by atoms with E-state index in [1.165, 1.54) is 0 Å². The van der Waals surface area contributed by atoms with Crippen LogP contribution in [0.2, 0.25) is 5.02 Å². The molecule has 0 radical (unpaired) electrons. The van der Waals surface area contributed by atoms with E-state index in [-0.39, 0.29) is 10.7 Å². The molecule has 0 aromatic heterocycles. The number of hydrogen-bond donors (Lipinski definition) is 1. The van der Waals surface area contributed by atoms with E-state index in [0.29, 0.717) is 16.4 Å². The summed E-state index contributed by atoms with van der Waals surface area (Å²) >= 11 is 11.9. The van der Waals surface area contributed by atoms with Crippen LogP contribution >= 0.6 is 23.2 Å². The largest absolute Gasteiger partial charge is 0.350 e. The third-order valence-electron chi connectivity index (χ3n) is 3.74. The third-order valence-corrected chi connectivity index (χ3v) is 4.35. The number of hydrogen-bond acceptors (Lipinski definition) is 3. The van der Waals surface area contributed by atoms with Gasteiger partial charge in [-0.2, -0.15) is 0 Å². The van der Waals surface area contributed by atoms with E-state index >= 15 is 0 Å². The maximum Gasteiger partial charge on any atom is 0.283 e. The topological polar surface area (TPSA) is 49.4 Å². The molecule has 1 heterocycles. The predicted octanol–water partition coefficient (Wildman–Crippen LogP) is 4.34. The SMILES string of the molecule is CCc1ccc(N2C(=O)C(Cl)=C(Nc3ccc(Cl)cc3)C2=O)cc1. The van der Waals surface area contributed by atoms with Crippen LogP contribution in [0.15, 0.2) is 59.3 Å². The number of carbonyl (C=O) groups excluding carboxylic acids is 2. The molecule has 0 fully saturated rings. The van der Waals surface area contributed by atoms with Crippen molar-refractivity contribution in [1.82, 2.24) is 0 Å². The van der Waals surface area contributed by atoms with Gasteiger partial charge in [0.2, 0.25) is 0 Å². The molecule has 0 atom stereocenters. The molecule has 122 valence electrons. The van der Waals surface area contributed by atoms with Crippen LogP contribution < -0.4 is 10.2 Å². The Morgan fingerprint density at radius 1 is 0.917 bits per heavy atom. The Hall–Kier alpha value is -2.30. The summed E-state index contributed by atoms with van der Waals surface area (Å²) in [4.78, 5) is 26.1. The van der Waals surface area contributed by atoms with Crippen LogP contribution in [0.25, 0.3) is 0 Å². The maximum absolute atomic E-state index is 12.6. The second kappa shape index (κ2) is 6.67. The van der Waals surface area contributed by atoms with E-state index in [1.54, 1.807) is 36.4 Å². The fraction of sp³-hybridized carbons (Fsp3) is 0.111. The van der Waals surface area contributed by atoms with Crippen molar-refractivity contribution in [2.24, 2.45) is 0 Å². The highest BCUT2D eigenvalue weighted by atomic mass is 35.5. The number of amides is 2. The van der Waals surface area contributed by atoms with Crippen molar-refractivity contribution < 1.29 is 9.59 Å². The molecule has 24 heavy (non-hydrogen) atoms. The number of nitrogens with one attached hydrogen (secondary N) is 1. The van der Waals surface area contributed by atoms with E-state index in [1.807, 2.05) is 19.1 Å². The molecule has 0 aliphatic carbocycles. The van der Waals surface area contributed by atoms with E-state index in [0.717, 1.165) is 16.9 Å². The highest BCUT2D eigenvalue weighted by Gasteiger charge is 2.38. The van der Waals surface area contributed by atoms with Gasteiger partial charge in [-0.15, -0.1) is 0 Å². The van der Waals surface area contributed by atoms with E-state index in [2.05, 4.69) is 5.32 Å². The van der Waals surface area contributed by atoms with Crippen molar-refractivity contribution in [3.63, 3.8) is 0 Å². The fourth-order valence-electron chi connectivity index (χ4n) is 2.40. The van der Waals surface area contributed by atoms with Crippen LogP contribution in [0.1, 0.15) is 12.5 Å². The normalized spacial score (nSPS) is 14.5. The fourth-order valence-corrected chi connectivity index (χ4v) is 2.74. The average molecular weight is 361 g/mol. The van der Waals surface area contributed by atoms with Crippen molar-refractivity contribution in [2.45, 2.75) is 13.3 Å². The Bertz CT molecular complexity index is 827. The number of aryl methyl sites for hydroxylation is 1. The number of imide groups is 1. The lowest BCUT2D eigenvalue weighted by Gasteiger charge is -2.15. The molecule has 0 saturated heterocycles. The minimum absolute atomic E-state index is 0.0588. The molecule has 3 rings (SSSR count). The van der Waals surface area contributed by atoms with Gasteiger partial charge < -0.3 is 5.32 Å². The van der Waals surface area contributed by atoms with Crippen molar-refractivity contribution in [3.8, 4) is 0 Å². The number of benzene rings is 2. The Morgan fingerprint density at radius 3 is 2.12 bits per heavy atom. The minimum atomic E-state index is -0.539. The van der Waals surface area contributed by atoms with Crippen molar-refractivity contribution in [3.05, 3.63) is 69.8 Å². The number of anilines is 2. The molecule has 1 aliphatic heterocycles. The molecular weight excluding hydrogens is 347 g/mol. The molecule has 2 aromatic carbocycles. The Balaban J connectivity index is 1.87. The molecule has 0 unspecified atom stereocenters. The lowest BCUT2D eigenvalue weighted by Crippen LogP contribution is -2.32. The smallest absolute Gasteiger partial charge is 0.283 e. The summed E-state index contributed by atoms with van der Waals surface area (Å²) in [5.74, 6) is -1.02. The van der Waals surface area contributed by atoms with Gasteiger partial charge >= 0.3 is 0 Å². The molecule has 2 aromatic rings. The van der Waals surface area contributed by atoms with Crippen LogP contribution in [-0.2, 0) is 16.0 Å². The Kier molecular flexibility index (Phi) is 4.60. The zero-order valence-electron chi connectivity index (χ0n) is 12.8. The van der Waals surface area contributed by atoms with Gasteiger partial charge in [-0.05, 0) is 48.4 Å². The summed E-state index contributed by atoms with van der Waals surface area (Å²) in [5.41, 5.74) is 2.30. The lowest BCUT2D eigenvalue weighted by molar-refractivity contribution is -0.120. The Morgan fingerprint density at radius 2 is 1.54 bits per heavy atom. The van der Waals surface area contributed by atoms with Crippen molar-refractivity contribution >= 4 is 46.4 Å². The van der Waals surface area contributed by atoms with Gasteiger partial charge in [0.05, 0.1) is 5.69 Å². The number of halogens is 2. The summed E-state index contributed by atoms with van der Waals surface area (Å²) < 4.78 is 0. The first kappa shape index (κ1) is 16.6. The molecule has 4 nitrogen and oxygen atoms in total. The molecule has 6 heteroatoms. The van der Waals surface area contributed by atoms with E-state index < -0.39 is 11.8 Å². The summed E-state index contributed by atoms with van der Waals surface area (Å²) in [6.07, 6.45) is 0.880. The zero-order valence-corrected chi connectivity index (χ0v) is 14.4. The highest BCUT2D eigenvalue weighted by molar-refractivity contribution is 6.53. The molecule has 0 saturated carbocycles. The number of carbonyl (C=O) groups is 2. The summed E-state index contributed by atoms with van der Waals surface area (Å²) in [6, 6.07) is 14.0. The van der Waals surface area contributed by atoms with E-state index in [9.17, 15) is 9.59 Å². The average Bonchev–Trinajstić information content (AvgIpc) is 2.80. The van der Waals surface area contributed by atoms with Crippen LogP contribution in [0, 0.1) is 0 Å². The summed E-state index contributed by atoms with van der Waals surface area (Å²) in [7, 11) is 0. The van der Waals surface area contributed by atoms with Gasteiger partial charge in [-0.25, -0.2) is 4.90 Å². The molecular formula is C18H14Cl2N2O2. The zero-order chi connectivity index (χ0) is 17.3. The number of rotatable bonds is 4. The lowest BCUT2D eigenvalue weighted by atomic mass is 10.1. The first-order valence-electron chi connectivity index (χ1n) is 7.41. The first-order chi connectivity index (χ1) is 11.5.